The van der Waals surface area contributed by atoms with Gasteiger partial charge in [0.05, 0.1) is 7.05 Å². The van der Waals surface area contributed by atoms with E-state index in [-0.39, 0.29) is 24.4 Å². The first kappa shape index (κ1) is 19.9. The van der Waals surface area contributed by atoms with Gasteiger partial charge >= 0.3 is 0 Å². The van der Waals surface area contributed by atoms with Crippen molar-refractivity contribution in [3.05, 3.63) is 58.6 Å². The summed E-state index contributed by atoms with van der Waals surface area (Å²) in [5.74, 6) is -0.272. The van der Waals surface area contributed by atoms with Gasteiger partial charge in [-0.2, -0.15) is 0 Å². The molecule has 0 fully saturated rings. The maximum atomic E-state index is 12.4. The van der Waals surface area contributed by atoms with Crippen LogP contribution in [0.3, 0.4) is 0 Å². The highest BCUT2D eigenvalue weighted by molar-refractivity contribution is 6.30. The number of carbonyl (C=O) groups is 2. The van der Waals surface area contributed by atoms with E-state index in [0.29, 0.717) is 10.7 Å². The van der Waals surface area contributed by atoms with E-state index in [4.69, 9.17) is 11.6 Å². The summed E-state index contributed by atoms with van der Waals surface area (Å²) in [4.78, 5) is 25.5. The molecule has 1 unspecified atom stereocenters. The van der Waals surface area contributed by atoms with Gasteiger partial charge in [-0.3, -0.25) is 9.59 Å². The smallest absolute Gasteiger partial charge is 0.282 e. The zero-order chi connectivity index (χ0) is 19.3. The molecule has 26 heavy (non-hydrogen) atoms. The number of halogens is 1. The third kappa shape index (κ3) is 5.58. The number of carbonyl (C=O) groups excluding carboxylic acids is 2. The average molecular weight is 375 g/mol. The second-order valence-electron chi connectivity index (χ2n) is 6.61. The lowest BCUT2D eigenvalue weighted by Crippen LogP contribution is -3.14. The molecular weight excluding hydrogens is 350 g/mol. The van der Waals surface area contributed by atoms with Crippen LogP contribution in [0.2, 0.25) is 5.02 Å². The molecule has 2 rings (SSSR count). The van der Waals surface area contributed by atoms with Crippen LogP contribution >= 0.6 is 11.6 Å². The van der Waals surface area contributed by atoms with Crippen molar-refractivity contribution in [3.8, 4) is 0 Å². The maximum Gasteiger partial charge on any atom is 0.282 e. The van der Waals surface area contributed by atoms with E-state index in [9.17, 15) is 9.59 Å². The zero-order valence-electron chi connectivity index (χ0n) is 15.5. The van der Waals surface area contributed by atoms with Crippen LogP contribution in [0.1, 0.15) is 18.1 Å². The number of aryl methyl sites for hydroxylation is 2. The van der Waals surface area contributed by atoms with Crippen molar-refractivity contribution in [3.63, 3.8) is 0 Å². The van der Waals surface area contributed by atoms with E-state index in [1.54, 1.807) is 31.2 Å². The van der Waals surface area contributed by atoms with Gasteiger partial charge in [0, 0.05) is 16.4 Å². The van der Waals surface area contributed by atoms with Crippen molar-refractivity contribution in [1.82, 2.24) is 0 Å². The summed E-state index contributed by atoms with van der Waals surface area (Å²) >= 11 is 5.84. The molecule has 6 heteroatoms. The Labute approximate surface area is 159 Å². The SMILES string of the molecule is Cc1ccc(C)c(NC(=O)C[NH+](C)[C@H](C)C(=O)Nc2ccc(Cl)cc2)c1. The van der Waals surface area contributed by atoms with Gasteiger partial charge in [0.15, 0.2) is 12.6 Å². The monoisotopic (exact) mass is 374 g/mol. The highest BCUT2D eigenvalue weighted by atomic mass is 35.5. The van der Waals surface area contributed by atoms with Gasteiger partial charge in [-0.25, -0.2) is 0 Å². The highest BCUT2D eigenvalue weighted by Gasteiger charge is 2.24. The van der Waals surface area contributed by atoms with Crippen LogP contribution in [0, 0.1) is 13.8 Å². The standard InChI is InChI=1S/C20H24ClN3O2/c1-13-5-6-14(2)18(11-13)23-19(25)12-24(4)15(3)20(26)22-17-9-7-16(21)8-10-17/h5-11,15H,12H2,1-4H3,(H,22,26)(H,23,25)/p+1/t15-/m1/s1. The van der Waals surface area contributed by atoms with Crippen molar-refractivity contribution in [2.75, 3.05) is 24.2 Å². The number of benzene rings is 2. The van der Waals surface area contributed by atoms with Crippen LogP contribution in [0.25, 0.3) is 0 Å². The molecule has 0 bridgehead atoms. The van der Waals surface area contributed by atoms with Crippen LogP contribution < -0.4 is 15.5 Å². The first-order valence-electron chi connectivity index (χ1n) is 8.52. The summed E-state index contributed by atoms with van der Waals surface area (Å²) in [7, 11) is 1.83. The minimum absolute atomic E-state index is 0.123. The first-order valence-corrected chi connectivity index (χ1v) is 8.90. The van der Waals surface area contributed by atoms with Crippen LogP contribution in [0.5, 0.6) is 0 Å². The van der Waals surface area contributed by atoms with Gasteiger partial charge in [-0.1, -0.05) is 23.7 Å². The molecule has 5 nitrogen and oxygen atoms in total. The Morgan fingerprint density at radius 1 is 1.08 bits per heavy atom. The molecular formula is C20H25ClN3O2+. The molecule has 2 atom stereocenters. The Kier molecular flexibility index (Phi) is 6.77. The first-order chi connectivity index (χ1) is 12.3. The summed E-state index contributed by atoms with van der Waals surface area (Å²) in [5.41, 5.74) is 3.58. The lowest BCUT2D eigenvalue weighted by atomic mass is 10.1. The van der Waals surface area contributed by atoms with Crippen molar-refractivity contribution < 1.29 is 14.5 Å². The highest BCUT2D eigenvalue weighted by Crippen LogP contribution is 2.16. The minimum Gasteiger partial charge on any atom is -0.321 e. The maximum absolute atomic E-state index is 12.4. The molecule has 0 saturated heterocycles. The molecule has 3 N–H and O–H groups in total. The molecule has 0 radical (unpaired) electrons. The lowest BCUT2D eigenvalue weighted by Gasteiger charge is -2.21. The Balaban J connectivity index is 1.91. The van der Waals surface area contributed by atoms with Crippen molar-refractivity contribution in [1.29, 1.82) is 0 Å². The Hall–Kier alpha value is -2.37. The molecule has 0 aliphatic carbocycles. The Morgan fingerprint density at radius 2 is 1.73 bits per heavy atom. The van der Waals surface area contributed by atoms with E-state index in [0.717, 1.165) is 21.7 Å². The fraction of sp³-hybridized carbons (Fsp3) is 0.300. The second kappa shape index (κ2) is 8.83. The summed E-state index contributed by atoms with van der Waals surface area (Å²) in [6, 6.07) is 12.5. The minimum atomic E-state index is -0.380. The summed E-state index contributed by atoms with van der Waals surface area (Å²) in [6.45, 7) is 5.93. The molecule has 0 heterocycles. The number of anilines is 2. The van der Waals surface area contributed by atoms with Gasteiger partial charge < -0.3 is 15.5 Å². The van der Waals surface area contributed by atoms with Crippen LogP contribution in [-0.4, -0.2) is 31.4 Å². The number of likely N-dealkylation sites (N-methyl/N-ethyl adjacent to an activating group) is 1. The van der Waals surface area contributed by atoms with Crippen molar-refractivity contribution in [2.24, 2.45) is 0 Å². The van der Waals surface area contributed by atoms with Crippen molar-refractivity contribution >= 4 is 34.8 Å². The van der Waals surface area contributed by atoms with Crippen LogP contribution in [0.4, 0.5) is 11.4 Å². The van der Waals surface area contributed by atoms with E-state index in [1.807, 2.05) is 39.1 Å². The third-order valence-corrected chi connectivity index (χ3v) is 4.60. The van der Waals surface area contributed by atoms with Gasteiger partial charge in [0.25, 0.3) is 11.8 Å². The van der Waals surface area contributed by atoms with E-state index in [2.05, 4.69) is 10.6 Å². The molecule has 0 aliphatic rings. The molecule has 2 aromatic carbocycles. The van der Waals surface area contributed by atoms with Gasteiger partial charge in [-0.05, 0) is 62.2 Å². The zero-order valence-corrected chi connectivity index (χ0v) is 16.3. The quantitative estimate of drug-likeness (QED) is 0.727. The molecule has 0 saturated carbocycles. The predicted octanol–water partition coefficient (Wildman–Crippen LogP) is 2.44. The lowest BCUT2D eigenvalue weighted by molar-refractivity contribution is -0.885. The third-order valence-electron chi connectivity index (χ3n) is 4.35. The fourth-order valence-electron chi connectivity index (χ4n) is 2.48. The molecule has 0 aliphatic heterocycles. The van der Waals surface area contributed by atoms with Crippen LogP contribution in [0.15, 0.2) is 42.5 Å². The largest absolute Gasteiger partial charge is 0.321 e. The second-order valence-corrected chi connectivity index (χ2v) is 7.04. The Bertz CT molecular complexity index is 790. The molecule has 0 aromatic heterocycles. The number of quaternary nitrogens is 1. The van der Waals surface area contributed by atoms with E-state index >= 15 is 0 Å². The topological polar surface area (TPSA) is 62.6 Å². The van der Waals surface area contributed by atoms with Crippen molar-refractivity contribution in [2.45, 2.75) is 26.8 Å². The normalized spacial score (nSPS) is 13.0. The molecule has 2 amide bonds. The molecule has 2 aromatic rings. The molecule has 0 spiro atoms. The number of amides is 2. The number of rotatable bonds is 6. The van der Waals surface area contributed by atoms with Crippen LogP contribution in [-0.2, 0) is 9.59 Å². The van der Waals surface area contributed by atoms with E-state index in [1.165, 1.54) is 0 Å². The van der Waals surface area contributed by atoms with Gasteiger partial charge in [0.1, 0.15) is 0 Å². The number of hydrogen-bond donors (Lipinski definition) is 3. The number of hydrogen-bond acceptors (Lipinski definition) is 2. The fourth-order valence-corrected chi connectivity index (χ4v) is 2.60. The summed E-state index contributed by atoms with van der Waals surface area (Å²) in [6.07, 6.45) is 0. The Morgan fingerprint density at radius 3 is 2.38 bits per heavy atom. The summed E-state index contributed by atoms with van der Waals surface area (Å²) in [5, 5.41) is 6.38. The molecule has 138 valence electrons. The summed E-state index contributed by atoms with van der Waals surface area (Å²) < 4.78 is 0. The van der Waals surface area contributed by atoms with Gasteiger partial charge in [-0.15, -0.1) is 0 Å². The predicted molar refractivity (Wildman–Crippen MR) is 106 cm³/mol. The van der Waals surface area contributed by atoms with Gasteiger partial charge in [0.2, 0.25) is 0 Å². The van der Waals surface area contributed by atoms with E-state index < -0.39 is 0 Å². The number of nitrogens with one attached hydrogen (secondary N) is 3. The average Bonchev–Trinajstić information content (AvgIpc) is 2.59.